The first kappa shape index (κ1) is 16.0. The minimum Gasteiger partial charge on any atom is -0.489 e. The zero-order chi connectivity index (χ0) is 15.3. The third-order valence-electron chi connectivity index (χ3n) is 3.25. The molecule has 118 valence electrons. The van der Waals surface area contributed by atoms with Gasteiger partial charge in [-0.1, -0.05) is 0 Å². The van der Waals surface area contributed by atoms with E-state index in [-0.39, 0.29) is 11.4 Å². The Morgan fingerprint density at radius 2 is 1.90 bits per heavy atom. The van der Waals surface area contributed by atoms with Gasteiger partial charge in [-0.05, 0) is 32.9 Å². The molecular formula is C16H25FN2O2. The highest BCUT2D eigenvalue weighted by atomic mass is 19.1. The van der Waals surface area contributed by atoms with Crippen molar-refractivity contribution < 1.29 is 13.9 Å². The van der Waals surface area contributed by atoms with Crippen molar-refractivity contribution in [2.75, 3.05) is 44.3 Å². The van der Waals surface area contributed by atoms with Crippen LogP contribution in [0.5, 0.6) is 5.75 Å². The number of hydrogen-bond donors (Lipinski definition) is 1. The smallest absolute Gasteiger partial charge is 0.142 e. The van der Waals surface area contributed by atoms with Crippen molar-refractivity contribution in [2.45, 2.75) is 26.4 Å². The Bertz CT molecular complexity index is 454. The van der Waals surface area contributed by atoms with Crippen molar-refractivity contribution in [2.24, 2.45) is 0 Å². The van der Waals surface area contributed by atoms with Crippen LogP contribution < -0.4 is 15.0 Å². The van der Waals surface area contributed by atoms with Crippen LogP contribution in [0.1, 0.15) is 20.8 Å². The van der Waals surface area contributed by atoms with E-state index in [2.05, 4.69) is 10.2 Å². The molecule has 0 amide bonds. The lowest BCUT2D eigenvalue weighted by molar-refractivity contribution is -0.0162. The molecule has 1 fully saturated rings. The normalized spacial score (nSPS) is 16.1. The molecule has 0 radical (unpaired) electrons. The molecule has 0 aromatic heterocycles. The number of rotatable bonds is 5. The average Bonchev–Trinajstić information content (AvgIpc) is 2.45. The van der Waals surface area contributed by atoms with Gasteiger partial charge in [0.25, 0.3) is 0 Å². The van der Waals surface area contributed by atoms with Crippen LogP contribution >= 0.6 is 0 Å². The number of hydrogen-bond acceptors (Lipinski definition) is 4. The van der Waals surface area contributed by atoms with Crippen LogP contribution in [0.2, 0.25) is 0 Å². The summed E-state index contributed by atoms with van der Waals surface area (Å²) in [4.78, 5) is 2.15. The lowest BCUT2D eigenvalue weighted by Crippen LogP contribution is -2.43. The average molecular weight is 296 g/mol. The van der Waals surface area contributed by atoms with Gasteiger partial charge in [0.1, 0.15) is 18.2 Å². The summed E-state index contributed by atoms with van der Waals surface area (Å²) in [6.07, 6.45) is 0. The quantitative estimate of drug-likeness (QED) is 0.846. The Hall–Kier alpha value is -1.33. The highest BCUT2D eigenvalue weighted by Gasteiger charge is 2.16. The second-order valence-electron chi connectivity index (χ2n) is 6.16. The molecule has 5 heteroatoms. The van der Waals surface area contributed by atoms with Crippen molar-refractivity contribution in [3.8, 4) is 5.75 Å². The summed E-state index contributed by atoms with van der Waals surface area (Å²) in [5, 5.41) is 3.29. The standard InChI is InChI=1S/C16H25FN2O2/c1-16(2,3)21-11-10-20-15-5-4-13(17)12-14(15)19-8-6-18-7-9-19/h4-5,12,18H,6-11H2,1-3H3. The number of halogens is 1. The third kappa shape index (κ3) is 5.17. The molecule has 2 rings (SSSR count). The Morgan fingerprint density at radius 1 is 1.19 bits per heavy atom. The monoisotopic (exact) mass is 296 g/mol. The molecule has 0 aliphatic carbocycles. The summed E-state index contributed by atoms with van der Waals surface area (Å²) in [7, 11) is 0. The van der Waals surface area contributed by atoms with Crippen LogP contribution in [0.4, 0.5) is 10.1 Å². The van der Waals surface area contributed by atoms with Crippen molar-refractivity contribution in [3.63, 3.8) is 0 Å². The molecule has 1 aliphatic heterocycles. The second kappa shape index (κ2) is 7.09. The summed E-state index contributed by atoms with van der Waals surface area (Å²) >= 11 is 0. The Balaban J connectivity index is 1.98. The van der Waals surface area contributed by atoms with Gasteiger partial charge in [0, 0.05) is 32.2 Å². The maximum Gasteiger partial charge on any atom is 0.142 e. The molecule has 4 nitrogen and oxygen atoms in total. The number of ether oxygens (including phenoxy) is 2. The highest BCUT2D eigenvalue weighted by molar-refractivity contribution is 5.59. The van der Waals surface area contributed by atoms with Gasteiger partial charge in [-0.2, -0.15) is 0 Å². The largest absolute Gasteiger partial charge is 0.489 e. The van der Waals surface area contributed by atoms with Gasteiger partial charge in [-0.25, -0.2) is 4.39 Å². The lowest BCUT2D eigenvalue weighted by atomic mass is 10.2. The van der Waals surface area contributed by atoms with Gasteiger partial charge in [-0.3, -0.25) is 0 Å². The Morgan fingerprint density at radius 3 is 2.57 bits per heavy atom. The van der Waals surface area contributed by atoms with Gasteiger partial charge >= 0.3 is 0 Å². The number of nitrogens with one attached hydrogen (secondary N) is 1. The minimum atomic E-state index is -0.234. The molecule has 1 aliphatic rings. The Labute approximate surface area is 126 Å². The summed E-state index contributed by atoms with van der Waals surface area (Å²) in [6.45, 7) is 10.5. The molecule has 21 heavy (non-hydrogen) atoms. The molecule has 0 bridgehead atoms. The van der Waals surface area contributed by atoms with E-state index in [0.717, 1.165) is 37.6 Å². The van der Waals surface area contributed by atoms with Crippen molar-refractivity contribution in [3.05, 3.63) is 24.0 Å². The van der Waals surface area contributed by atoms with E-state index in [1.165, 1.54) is 6.07 Å². The van der Waals surface area contributed by atoms with Gasteiger partial charge in [-0.15, -0.1) is 0 Å². The van der Waals surface area contributed by atoms with Crippen LogP contribution in [-0.4, -0.2) is 45.0 Å². The first-order valence-electron chi connectivity index (χ1n) is 7.48. The van der Waals surface area contributed by atoms with Gasteiger partial charge in [0.15, 0.2) is 0 Å². The van der Waals surface area contributed by atoms with Crippen LogP contribution in [0.15, 0.2) is 18.2 Å². The van der Waals surface area contributed by atoms with Crippen molar-refractivity contribution >= 4 is 5.69 Å². The molecule has 0 unspecified atom stereocenters. The molecule has 0 atom stereocenters. The summed E-state index contributed by atoms with van der Waals surface area (Å²) in [5.74, 6) is 0.484. The first-order valence-corrected chi connectivity index (χ1v) is 7.48. The lowest BCUT2D eigenvalue weighted by Gasteiger charge is -2.31. The van der Waals surface area contributed by atoms with Gasteiger partial charge in [0.05, 0.1) is 17.9 Å². The molecule has 1 aromatic carbocycles. The fourth-order valence-corrected chi connectivity index (χ4v) is 2.26. The van der Waals surface area contributed by atoms with E-state index in [1.807, 2.05) is 20.8 Å². The molecular weight excluding hydrogens is 271 g/mol. The molecule has 1 aromatic rings. The Kier molecular flexibility index (Phi) is 5.42. The topological polar surface area (TPSA) is 33.7 Å². The fraction of sp³-hybridized carbons (Fsp3) is 0.625. The number of anilines is 1. The maximum atomic E-state index is 13.5. The van der Waals surface area contributed by atoms with E-state index in [0.29, 0.717) is 13.2 Å². The maximum absolute atomic E-state index is 13.5. The predicted octanol–water partition coefficient (Wildman–Crippen LogP) is 2.43. The summed E-state index contributed by atoms with van der Waals surface area (Å²) < 4.78 is 24.9. The van der Waals surface area contributed by atoms with E-state index in [9.17, 15) is 4.39 Å². The predicted molar refractivity (Wildman–Crippen MR) is 82.7 cm³/mol. The van der Waals surface area contributed by atoms with Gasteiger partial charge < -0.3 is 19.7 Å². The minimum absolute atomic E-state index is 0.173. The number of benzene rings is 1. The number of piperazine rings is 1. The molecule has 1 heterocycles. The zero-order valence-electron chi connectivity index (χ0n) is 13.1. The van der Waals surface area contributed by atoms with E-state index in [4.69, 9.17) is 9.47 Å². The van der Waals surface area contributed by atoms with E-state index >= 15 is 0 Å². The summed E-state index contributed by atoms with van der Waals surface area (Å²) in [6, 6.07) is 4.68. The number of nitrogens with zero attached hydrogens (tertiary/aromatic N) is 1. The molecule has 1 N–H and O–H groups in total. The molecule has 1 saturated heterocycles. The van der Waals surface area contributed by atoms with E-state index in [1.54, 1.807) is 12.1 Å². The van der Waals surface area contributed by atoms with Crippen LogP contribution in [0, 0.1) is 5.82 Å². The van der Waals surface area contributed by atoms with Gasteiger partial charge in [0.2, 0.25) is 0 Å². The highest BCUT2D eigenvalue weighted by Crippen LogP contribution is 2.29. The molecule has 0 spiro atoms. The van der Waals surface area contributed by atoms with Crippen molar-refractivity contribution in [1.82, 2.24) is 5.32 Å². The first-order chi connectivity index (χ1) is 9.96. The van der Waals surface area contributed by atoms with Crippen molar-refractivity contribution in [1.29, 1.82) is 0 Å². The SMILES string of the molecule is CC(C)(C)OCCOc1ccc(F)cc1N1CCNCC1. The zero-order valence-corrected chi connectivity index (χ0v) is 13.1. The summed E-state index contributed by atoms with van der Waals surface area (Å²) in [5.41, 5.74) is 0.653. The molecule has 0 saturated carbocycles. The van der Waals surface area contributed by atoms with Crippen LogP contribution in [-0.2, 0) is 4.74 Å². The van der Waals surface area contributed by atoms with Crippen LogP contribution in [0.3, 0.4) is 0 Å². The second-order valence-corrected chi connectivity index (χ2v) is 6.16. The van der Waals surface area contributed by atoms with E-state index < -0.39 is 0 Å². The fourth-order valence-electron chi connectivity index (χ4n) is 2.26. The van der Waals surface area contributed by atoms with Crippen LogP contribution in [0.25, 0.3) is 0 Å². The third-order valence-corrected chi connectivity index (χ3v) is 3.25.